The van der Waals surface area contributed by atoms with E-state index >= 15 is 0 Å². The summed E-state index contributed by atoms with van der Waals surface area (Å²) in [5.41, 5.74) is -1.62. The molecule has 0 aromatic carbocycles. The molecule has 2 bridgehead atoms. The van der Waals surface area contributed by atoms with Crippen molar-refractivity contribution in [2.24, 2.45) is 50.7 Å². The topological polar surface area (TPSA) is 158 Å². The summed E-state index contributed by atoms with van der Waals surface area (Å²) in [6.45, 7) is 14.7. The third kappa shape index (κ3) is 3.63. The fourth-order valence-electron chi connectivity index (χ4n) is 14.2. The van der Waals surface area contributed by atoms with Gasteiger partial charge in [-0.3, -0.25) is 0 Å². The first-order valence-corrected chi connectivity index (χ1v) is 18.1. The van der Waals surface area contributed by atoms with Crippen molar-refractivity contribution in [3.8, 4) is 0 Å². The van der Waals surface area contributed by atoms with Crippen molar-refractivity contribution >= 4 is 0 Å². The van der Waals surface area contributed by atoms with Gasteiger partial charge in [-0.15, -0.1) is 0 Å². The quantitative estimate of drug-likeness (QED) is 0.250. The minimum absolute atomic E-state index is 0.0486. The van der Waals surface area contributed by atoms with E-state index in [0.717, 1.165) is 51.4 Å². The zero-order valence-corrected chi connectivity index (χ0v) is 28.7. The molecule has 0 aromatic heterocycles. The molecule has 10 heteroatoms. The second-order valence-electron chi connectivity index (χ2n) is 18.7. The number of aliphatic hydroxyl groups excluding tert-OH is 5. The summed E-state index contributed by atoms with van der Waals surface area (Å²) in [5.74, 6) is -0.0409. The van der Waals surface area contributed by atoms with Crippen molar-refractivity contribution in [3.63, 3.8) is 0 Å². The third-order valence-electron chi connectivity index (χ3n) is 16.3. The highest BCUT2D eigenvalue weighted by Gasteiger charge is 2.88. The molecule has 18 atom stereocenters. The Bertz CT molecular complexity index is 1250. The fraction of sp³-hybridized carbons (Fsp3) is 1.00. The molecule has 0 unspecified atom stereocenters. The van der Waals surface area contributed by atoms with E-state index in [1.807, 2.05) is 0 Å². The highest BCUT2D eigenvalue weighted by molar-refractivity contribution is 5.34. The van der Waals surface area contributed by atoms with Crippen LogP contribution in [0.2, 0.25) is 0 Å². The van der Waals surface area contributed by atoms with Crippen molar-refractivity contribution in [2.75, 3.05) is 6.61 Å². The van der Waals surface area contributed by atoms with Gasteiger partial charge in [0.15, 0.2) is 12.1 Å². The molecule has 6 N–H and O–H groups in total. The first-order valence-electron chi connectivity index (χ1n) is 18.1. The summed E-state index contributed by atoms with van der Waals surface area (Å²) in [6, 6.07) is 0. The van der Waals surface area contributed by atoms with Gasteiger partial charge in [0.2, 0.25) is 0 Å². The molecule has 0 aromatic rings. The summed E-state index contributed by atoms with van der Waals surface area (Å²) in [6.07, 6.45) is -0.227. The van der Waals surface area contributed by atoms with Crippen LogP contribution in [0.15, 0.2) is 0 Å². The Kier molecular flexibility index (Phi) is 6.90. The Morgan fingerprint density at radius 2 is 1.52 bits per heavy atom. The molecule has 8 fully saturated rings. The molecule has 5 aliphatic carbocycles. The normalized spacial score (nSPS) is 61.6. The van der Waals surface area contributed by atoms with Crippen LogP contribution in [0.1, 0.15) is 99.8 Å². The summed E-state index contributed by atoms with van der Waals surface area (Å²) in [4.78, 5) is 0. The largest absolute Gasteiger partial charge is 0.394 e. The molecule has 0 amide bonds. The number of hydrogen-bond donors (Lipinski definition) is 6. The zero-order chi connectivity index (χ0) is 33.2. The van der Waals surface area contributed by atoms with E-state index in [9.17, 15) is 30.6 Å². The maximum atomic E-state index is 12.7. The van der Waals surface area contributed by atoms with Crippen LogP contribution in [0.25, 0.3) is 0 Å². The number of aliphatic hydroxyl groups is 6. The van der Waals surface area contributed by atoms with Crippen LogP contribution >= 0.6 is 0 Å². The van der Waals surface area contributed by atoms with Crippen molar-refractivity contribution < 1.29 is 49.6 Å². The predicted octanol–water partition coefficient (Wildman–Crippen LogP) is 2.48. The van der Waals surface area contributed by atoms with Gasteiger partial charge in [0.1, 0.15) is 36.6 Å². The zero-order valence-electron chi connectivity index (χ0n) is 28.7. The van der Waals surface area contributed by atoms with Crippen LogP contribution in [0, 0.1) is 50.7 Å². The minimum atomic E-state index is -1.46. The Labute approximate surface area is 273 Å². The molecule has 262 valence electrons. The van der Waals surface area contributed by atoms with E-state index < -0.39 is 66.3 Å². The Balaban J connectivity index is 1.09. The molecule has 3 heterocycles. The van der Waals surface area contributed by atoms with E-state index in [0.29, 0.717) is 17.8 Å². The molecule has 46 heavy (non-hydrogen) atoms. The van der Waals surface area contributed by atoms with Gasteiger partial charge in [0.05, 0.1) is 24.4 Å². The second kappa shape index (κ2) is 9.68. The monoisotopic (exact) mass is 650 g/mol. The molecule has 3 saturated heterocycles. The minimum Gasteiger partial charge on any atom is -0.394 e. The highest BCUT2D eigenvalue weighted by atomic mass is 16.8. The molecule has 8 aliphatic rings. The average molecular weight is 651 g/mol. The van der Waals surface area contributed by atoms with Crippen LogP contribution in [-0.4, -0.2) is 104 Å². The van der Waals surface area contributed by atoms with Crippen molar-refractivity contribution in [2.45, 2.75) is 166 Å². The van der Waals surface area contributed by atoms with Crippen LogP contribution in [-0.2, 0) is 18.9 Å². The smallest absolute Gasteiger partial charge is 0.199 e. The van der Waals surface area contributed by atoms with Gasteiger partial charge < -0.3 is 49.6 Å². The maximum absolute atomic E-state index is 12.7. The van der Waals surface area contributed by atoms with Gasteiger partial charge in [0, 0.05) is 11.3 Å². The third-order valence-corrected chi connectivity index (χ3v) is 16.3. The highest BCUT2D eigenvalue weighted by Crippen LogP contribution is 2.90. The summed E-state index contributed by atoms with van der Waals surface area (Å²) >= 11 is 0. The lowest BCUT2D eigenvalue weighted by Gasteiger charge is -2.63. The first kappa shape index (κ1) is 32.8. The number of rotatable bonds is 4. The predicted molar refractivity (Wildman–Crippen MR) is 165 cm³/mol. The Morgan fingerprint density at radius 1 is 0.848 bits per heavy atom. The molecule has 10 nitrogen and oxygen atoms in total. The van der Waals surface area contributed by atoms with Crippen molar-refractivity contribution in [1.29, 1.82) is 0 Å². The molecule has 8 rings (SSSR count). The van der Waals surface area contributed by atoms with Crippen molar-refractivity contribution in [3.05, 3.63) is 0 Å². The van der Waals surface area contributed by atoms with Gasteiger partial charge >= 0.3 is 0 Å². The first-order chi connectivity index (χ1) is 21.4. The summed E-state index contributed by atoms with van der Waals surface area (Å²) in [7, 11) is 0. The summed E-state index contributed by atoms with van der Waals surface area (Å²) < 4.78 is 25.9. The Morgan fingerprint density at radius 3 is 2.20 bits per heavy atom. The van der Waals surface area contributed by atoms with Gasteiger partial charge in [-0.1, -0.05) is 34.6 Å². The molecule has 3 spiro atoms. The van der Waals surface area contributed by atoms with Gasteiger partial charge in [-0.2, -0.15) is 0 Å². The van der Waals surface area contributed by atoms with E-state index in [4.69, 9.17) is 18.9 Å². The fourth-order valence-corrected chi connectivity index (χ4v) is 14.2. The van der Waals surface area contributed by atoms with Gasteiger partial charge in [-0.25, -0.2) is 0 Å². The van der Waals surface area contributed by atoms with Gasteiger partial charge in [-0.05, 0) is 105 Å². The number of fused-ring (bicyclic) bond motifs is 4. The Hall–Kier alpha value is -0.400. The van der Waals surface area contributed by atoms with Crippen molar-refractivity contribution in [1.82, 2.24) is 0 Å². The molecule has 5 saturated carbocycles. The lowest BCUT2D eigenvalue weighted by Crippen LogP contribution is -2.62. The molecular formula is C36H58O10. The van der Waals surface area contributed by atoms with E-state index in [1.165, 1.54) is 0 Å². The van der Waals surface area contributed by atoms with Crippen LogP contribution in [0.3, 0.4) is 0 Å². The SMILES string of the molecule is C[C@@H]1C[C@H]2O[C@@]3(O[C@@H]2C(C)(C)O)[C@H](O)[C@@]2(C)[C@@H]4CC[C@H]5C(C)(C)[C@@H](O[C@@H]6O[C@H](CO)[C@H](O)[C@H](O)[C@H]6O)CC[C@@]56C[C@@]46CC[C@]2(C)[C@@H]13. The molecule has 0 radical (unpaired) electrons. The van der Waals surface area contributed by atoms with E-state index in [1.54, 1.807) is 13.8 Å². The van der Waals surface area contributed by atoms with E-state index in [2.05, 4.69) is 34.6 Å². The average Bonchev–Trinajstić information content (AvgIpc) is 3.50. The standard InChI is InChI=1S/C36H58O10/c1-17-14-18-27(31(4,5)42)46-36(45-18)26(17)32(6)12-13-35-16-34(35)11-10-22(44-28-25(40)24(39)23(38)19(15-37)43-28)30(2,3)20(34)8-9-21(35)33(32,7)29(36)41/h17-29,37-42H,8-16H2,1-7H3/t17-,18-,19-,20+,21+,22+,23+,24+,25-,26-,27+,28+,29-,32-,33-,34-,35+,36+/m1/s1. The summed E-state index contributed by atoms with van der Waals surface area (Å²) in [5, 5.41) is 64.9. The number of ether oxygens (including phenoxy) is 4. The van der Waals surface area contributed by atoms with Gasteiger partial charge in [0.25, 0.3) is 0 Å². The molecule has 3 aliphatic heterocycles. The second-order valence-corrected chi connectivity index (χ2v) is 18.7. The number of hydrogen-bond acceptors (Lipinski definition) is 10. The lowest BCUT2D eigenvalue weighted by molar-refractivity contribution is -0.326. The lowest BCUT2D eigenvalue weighted by atomic mass is 9.41. The maximum Gasteiger partial charge on any atom is 0.199 e. The molecular weight excluding hydrogens is 592 g/mol. The van der Waals surface area contributed by atoms with Crippen LogP contribution < -0.4 is 0 Å². The van der Waals surface area contributed by atoms with Crippen LogP contribution in [0.5, 0.6) is 0 Å². The van der Waals surface area contributed by atoms with Crippen LogP contribution in [0.4, 0.5) is 0 Å². The van der Waals surface area contributed by atoms with E-state index in [-0.39, 0.29) is 39.8 Å².